The summed E-state index contributed by atoms with van der Waals surface area (Å²) in [6.45, 7) is 0. The third-order valence-corrected chi connectivity index (χ3v) is 2.32. The third kappa shape index (κ3) is 1.24. The summed E-state index contributed by atoms with van der Waals surface area (Å²) in [4.78, 5) is 14.7. The second kappa shape index (κ2) is 3.05. The van der Waals surface area contributed by atoms with E-state index in [1.807, 2.05) is 6.07 Å². The van der Waals surface area contributed by atoms with Gasteiger partial charge < -0.3 is 0 Å². The zero-order valence-corrected chi connectivity index (χ0v) is 6.92. The highest BCUT2D eigenvalue weighted by Gasteiger charge is 2.10. The zero-order chi connectivity index (χ0) is 8.39. The van der Waals surface area contributed by atoms with Gasteiger partial charge in [-0.25, -0.2) is 4.98 Å². The Labute approximate surface area is 71.6 Å². The van der Waals surface area contributed by atoms with Gasteiger partial charge in [0.15, 0.2) is 6.29 Å². The first kappa shape index (κ1) is 7.47. The Morgan fingerprint density at radius 3 is 2.92 bits per heavy atom. The van der Waals surface area contributed by atoms with Crippen LogP contribution >= 0.6 is 0 Å². The number of fused-ring (bicyclic) bond motifs is 1. The van der Waals surface area contributed by atoms with Gasteiger partial charge in [0.05, 0.1) is 0 Å². The van der Waals surface area contributed by atoms with E-state index >= 15 is 0 Å². The van der Waals surface area contributed by atoms with Crippen molar-refractivity contribution in [2.45, 2.75) is 25.7 Å². The third-order valence-electron chi connectivity index (χ3n) is 2.32. The quantitative estimate of drug-likeness (QED) is 0.587. The van der Waals surface area contributed by atoms with Crippen LogP contribution in [0.5, 0.6) is 0 Å². The van der Waals surface area contributed by atoms with Gasteiger partial charge >= 0.3 is 0 Å². The lowest BCUT2D eigenvalue weighted by Gasteiger charge is -2.13. The Balaban J connectivity index is 2.42. The number of hydrogen-bond donors (Lipinski definition) is 0. The lowest BCUT2D eigenvalue weighted by atomic mass is 9.96. The van der Waals surface area contributed by atoms with Gasteiger partial charge in [0, 0.05) is 5.69 Å². The van der Waals surface area contributed by atoms with E-state index in [9.17, 15) is 4.79 Å². The van der Waals surface area contributed by atoms with Crippen molar-refractivity contribution >= 4 is 6.29 Å². The van der Waals surface area contributed by atoms with Crippen molar-refractivity contribution in [2.24, 2.45) is 0 Å². The van der Waals surface area contributed by atoms with Gasteiger partial charge in [-0.15, -0.1) is 0 Å². The number of aromatic nitrogens is 1. The van der Waals surface area contributed by atoms with Crippen LogP contribution in [0.3, 0.4) is 0 Å². The summed E-state index contributed by atoms with van der Waals surface area (Å²) in [6.07, 6.45) is 5.45. The second-order valence-corrected chi connectivity index (χ2v) is 3.17. The summed E-state index contributed by atoms with van der Waals surface area (Å²) in [7, 11) is 0. The average molecular weight is 161 g/mol. The number of aryl methyl sites for hydroxylation is 2. The molecule has 0 saturated heterocycles. The first-order valence-electron chi connectivity index (χ1n) is 4.34. The molecule has 0 fully saturated rings. The molecule has 1 aliphatic carbocycles. The summed E-state index contributed by atoms with van der Waals surface area (Å²) < 4.78 is 0. The average Bonchev–Trinajstić information content (AvgIpc) is 2.17. The highest BCUT2D eigenvalue weighted by Crippen LogP contribution is 2.18. The molecule has 2 heteroatoms. The number of hydrogen-bond acceptors (Lipinski definition) is 2. The first-order chi connectivity index (χ1) is 5.90. The monoisotopic (exact) mass is 161 g/mol. The van der Waals surface area contributed by atoms with Crippen molar-refractivity contribution in [3.63, 3.8) is 0 Å². The fourth-order valence-electron chi connectivity index (χ4n) is 1.66. The number of pyridine rings is 1. The molecule has 0 radical (unpaired) electrons. The largest absolute Gasteiger partial charge is 0.296 e. The van der Waals surface area contributed by atoms with Crippen molar-refractivity contribution in [3.8, 4) is 0 Å². The molecular weight excluding hydrogens is 150 g/mol. The molecule has 1 heterocycles. The molecule has 0 unspecified atom stereocenters. The maximum absolute atomic E-state index is 10.4. The van der Waals surface area contributed by atoms with E-state index in [1.54, 1.807) is 6.07 Å². The second-order valence-electron chi connectivity index (χ2n) is 3.17. The first-order valence-corrected chi connectivity index (χ1v) is 4.34. The minimum Gasteiger partial charge on any atom is -0.296 e. The van der Waals surface area contributed by atoms with E-state index in [0.717, 1.165) is 24.8 Å². The molecule has 0 bridgehead atoms. The van der Waals surface area contributed by atoms with Crippen LogP contribution in [0.1, 0.15) is 34.6 Å². The van der Waals surface area contributed by atoms with E-state index in [0.29, 0.717) is 5.69 Å². The molecule has 0 atom stereocenters. The van der Waals surface area contributed by atoms with E-state index in [1.165, 1.54) is 18.4 Å². The van der Waals surface area contributed by atoms with Crippen molar-refractivity contribution < 1.29 is 4.79 Å². The fourth-order valence-corrected chi connectivity index (χ4v) is 1.66. The molecule has 2 nitrogen and oxygen atoms in total. The van der Waals surface area contributed by atoms with Crippen LogP contribution in [0, 0.1) is 0 Å². The Bertz CT molecular complexity index is 307. The zero-order valence-electron chi connectivity index (χ0n) is 6.92. The van der Waals surface area contributed by atoms with Crippen LogP contribution in [0.25, 0.3) is 0 Å². The summed E-state index contributed by atoms with van der Waals surface area (Å²) >= 11 is 0. The Hall–Kier alpha value is -1.18. The molecule has 0 N–H and O–H groups in total. The molecule has 62 valence electrons. The van der Waals surface area contributed by atoms with Gasteiger partial charge in [-0.3, -0.25) is 4.79 Å². The van der Waals surface area contributed by atoms with Crippen molar-refractivity contribution in [1.29, 1.82) is 0 Å². The van der Waals surface area contributed by atoms with Crippen LogP contribution < -0.4 is 0 Å². The van der Waals surface area contributed by atoms with Crippen molar-refractivity contribution in [2.75, 3.05) is 0 Å². The normalized spacial score (nSPS) is 15.3. The number of carbonyl (C=O) groups is 1. The predicted octanol–water partition coefficient (Wildman–Crippen LogP) is 1.77. The minimum atomic E-state index is 0.565. The highest BCUT2D eigenvalue weighted by molar-refractivity contribution is 5.71. The van der Waals surface area contributed by atoms with Crippen LogP contribution in [0.15, 0.2) is 12.1 Å². The van der Waals surface area contributed by atoms with Gasteiger partial charge in [0.2, 0.25) is 0 Å². The maximum atomic E-state index is 10.4. The van der Waals surface area contributed by atoms with Crippen LogP contribution in [-0.4, -0.2) is 11.3 Å². The van der Waals surface area contributed by atoms with Gasteiger partial charge in [0.1, 0.15) is 5.69 Å². The number of carbonyl (C=O) groups excluding carboxylic acids is 1. The van der Waals surface area contributed by atoms with E-state index in [2.05, 4.69) is 4.98 Å². The summed E-state index contributed by atoms with van der Waals surface area (Å²) in [5, 5.41) is 0. The Kier molecular flexibility index (Phi) is 1.90. The molecular formula is C10H11NO. The maximum Gasteiger partial charge on any atom is 0.168 e. The highest BCUT2D eigenvalue weighted by atomic mass is 16.1. The summed E-state index contributed by atoms with van der Waals surface area (Å²) in [5.41, 5.74) is 3.02. The Morgan fingerprint density at radius 1 is 1.25 bits per heavy atom. The Morgan fingerprint density at radius 2 is 2.08 bits per heavy atom. The van der Waals surface area contributed by atoms with Gasteiger partial charge in [-0.1, -0.05) is 6.07 Å². The molecule has 1 aromatic heterocycles. The molecule has 0 aromatic carbocycles. The van der Waals surface area contributed by atoms with Gasteiger partial charge in [-0.05, 0) is 37.3 Å². The van der Waals surface area contributed by atoms with Crippen LogP contribution in [0.4, 0.5) is 0 Å². The van der Waals surface area contributed by atoms with Crippen molar-refractivity contribution in [3.05, 3.63) is 29.1 Å². The molecule has 0 saturated carbocycles. The predicted molar refractivity (Wildman–Crippen MR) is 46.3 cm³/mol. The summed E-state index contributed by atoms with van der Waals surface area (Å²) in [6, 6.07) is 3.84. The molecule has 0 amide bonds. The fraction of sp³-hybridized carbons (Fsp3) is 0.400. The standard InChI is InChI=1S/C10H11NO/c12-7-9-6-5-8-3-1-2-4-10(8)11-9/h5-7H,1-4H2. The number of nitrogens with zero attached hydrogens (tertiary/aromatic N) is 1. The summed E-state index contributed by atoms with van der Waals surface area (Å²) in [5.74, 6) is 0. The van der Waals surface area contributed by atoms with Crippen molar-refractivity contribution in [1.82, 2.24) is 4.98 Å². The van der Waals surface area contributed by atoms with Crippen LogP contribution in [-0.2, 0) is 12.8 Å². The van der Waals surface area contributed by atoms with Crippen LogP contribution in [0.2, 0.25) is 0 Å². The topological polar surface area (TPSA) is 30.0 Å². The smallest absolute Gasteiger partial charge is 0.168 e. The molecule has 0 spiro atoms. The molecule has 2 rings (SSSR count). The van der Waals surface area contributed by atoms with Gasteiger partial charge in [-0.2, -0.15) is 0 Å². The molecule has 1 aliphatic rings. The molecule has 0 aliphatic heterocycles. The SMILES string of the molecule is O=Cc1ccc2c(n1)CCCC2. The van der Waals surface area contributed by atoms with E-state index in [-0.39, 0.29) is 0 Å². The molecule has 1 aromatic rings. The van der Waals surface area contributed by atoms with E-state index in [4.69, 9.17) is 0 Å². The lowest BCUT2D eigenvalue weighted by Crippen LogP contribution is -2.06. The molecule has 12 heavy (non-hydrogen) atoms. The number of aldehydes is 1. The minimum absolute atomic E-state index is 0.565. The van der Waals surface area contributed by atoms with E-state index < -0.39 is 0 Å². The number of rotatable bonds is 1. The van der Waals surface area contributed by atoms with Gasteiger partial charge in [0.25, 0.3) is 0 Å². The lowest BCUT2D eigenvalue weighted by molar-refractivity contribution is 0.111.